The molecule has 1 rings (SSSR count). The summed E-state index contributed by atoms with van der Waals surface area (Å²) >= 11 is 0. The fraction of sp³-hybridized carbons (Fsp3) is 0.625. The normalized spacial score (nSPS) is 12.9. The van der Waals surface area contributed by atoms with Crippen molar-refractivity contribution >= 4 is 0 Å². The van der Waals surface area contributed by atoms with Gasteiger partial charge in [0.15, 0.2) is 0 Å². The summed E-state index contributed by atoms with van der Waals surface area (Å²) in [5.41, 5.74) is 1.43. The van der Waals surface area contributed by atoms with E-state index in [9.17, 15) is 0 Å². The van der Waals surface area contributed by atoms with E-state index in [4.69, 9.17) is 0 Å². The van der Waals surface area contributed by atoms with Crippen molar-refractivity contribution < 1.29 is 0 Å². The molecule has 1 N–H and O–H groups in total. The molecule has 1 aromatic rings. The van der Waals surface area contributed by atoms with Crippen molar-refractivity contribution in [3.8, 4) is 0 Å². The average Bonchev–Trinajstić information content (AvgIpc) is 2.34. The molecule has 1 aromatic carbocycles. The van der Waals surface area contributed by atoms with Crippen molar-refractivity contribution in [2.75, 3.05) is 6.54 Å². The minimum Gasteiger partial charge on any atom is -0.310 e. The van der Waals surface area contributed by atoms with Gasteiger partial charge < -0.3 is 5.32 Å². The minimum absolute atomic E-state index is 0.537. The quantitative estimate of drug-likeness (QED) is 0.694. The van der Waals surface area contributed by atoms with Gasteiger partial charge in [-0.05, 0) is 30.9 Å². The first kappa shape index (κ1) is 14.2. The molecular weight excluding hydrogens is 206 g/mol. The summed E-state index contributed by atoms with van der Waals surface area (Å²) in [5, 5.41) is 3.66. The van der Waals surface area contributed by atoms with Gasteiger partial charge in [-0.25, -0.2) is 0 Å². The maximum Gasteiger partial charge on any atom is 0.0320 e. The van der Waals surface area contributed by atoms with Crippen LogP contribution in [0.1, 0.15) is 58.1 Å². The average molecular weight is 233 g/mol. The molecule has 0 aliphatic rings. The molecule has 1 unspecified atom stereocenters. The Morgan fingerprint density at radius 1 is 1.06 bits per heavy atom. The molecule has 17 heavy (non-hydrogen) atoms. The third kappa shape index (κ3) is 5.88. The Hall–Kier alpha value is -0.820. The first-order valence-electron chi connectivity index (χ1n) is 7.02. The summed E-state index contributed by atoms with van der Waals surface area (Å²) < 4.78 is 0. The standard InChI is InChI=1S/C16H27N/c1-4-13-17-16(12-8-9-14(2)3)15-10-6-5-7-11-15/h5-7,10-11,14,16-17H,4,8-9,12-13H2,1-3H3. The van der Waals surface area contributed by atoms with Crippen molar-refractivity contribution in [1.82, 2.24) is 5.32 Å². The maximum absolute atomic E-state index is 3.66. The first-order valence-corrected chi connectivity index (χ1v) is 7.02. The van der Waals surface area contributed by atoms with Crippen molar-refractivity contribution in [2.24, 2.45) is 5.92 Å². The third-order valence-corrected chi connectivity index (χ3v) is 3.12. The van der Waals surface area contributed by atoms with Gasteiger partial charge in [-0.3, -0.25) is 0 Å². The number of nitrogens with one attached hydrogen (secondary N) is 1. The molecule has 0 saturated heterocycles. The molecule has 0 aliphatic carbocycles. The van der Waals surface area contributed by atoms with Gasteiger partial charge in [0, 0.05) is 6.04 Å². The van der Waals surface area contributed by atoms with Crippen molar-refractivity contribution in [2.45, 2.75) is 52.5 Å². The van der Waals surface area contributed by atoms with E-state index in [0.29, 0.717) is 6.04 Å². The summed E-state index contributed by atoms with van der Waals surface area (Å²) in [4.78, 5) is 0. The smallest absolute Gasteiger partial charge is 0.0320 e. The molecule has 1 atom stereocenters. The van der Waals surface area contributed by atoms with Crippen LogP contribution in [0.25, 0.3) is 0 Å². The van der Waals surface area contributed by atoms with Gasteiger partial charge in [-0.2, -0.15) is 0 Å². The summed E-state index contributed by atoms with van der Waals surface area (Å²) in [6, 6.07) is 11.4. The van der Waals surface area contributed by atoms with Gasteiger partial charge in [0.1, 0.15) is 0 Å². The van der Waals surface area contributed by atoms with E-state index in [2.05, 4.69) is 56.4 Å². The molecule has 0 fully saturated rings. The lowest BCUT2D eigenvalue weighted by molar-refractivity contribution is 0.447. The van der Waals surface area contributed by atoms with E-state index >= 15 is 0 Å². The molecule has 0 aliphatic heterocycles. The first-order chi connectivity index (χ1) is 8.24. The molecule has 0 saturated carbocycles. The van der Waals surface area contributed by atoms with Gasteiger partial charge in [0.2, 0.25) is 0 Å². The van der Waals surface area contributed by atoms with Crippen molar-refractivity contribution in [1.29, 1.82) is 0 Å². The molecule has 0 aromatic heterocycles. The third-order valence-electron chi connectivity index (χ3n) is 3.12. The van der Waals surface area contributed by atoms with Crippen LogP contribution in [0.5, 0.6) is 0 Å². The van der Waals surface area contributed by atoms with Crippen LogP contribution in [-0.4, -0.2) is 6.54 Å². The molecule has 0 heterocycles. The Labute approximate surface area is 107 Å². The number of benzene rings is 1. The molecule has 0 spiro atoms. The predicted octanol–water partition coefficient (Wildman–Crippen LogP) is 4.55. The zero-order valence-corrected chi connectivity index (χ0v) is 11.6. The minimum atomic E-state index is 0.537. The summed E-state index contributed by atoms with van der Waals surface area (Å²) in [6.45, 7) is 7.94. The highest BCUT2D eigenvalue weighted by molar-refractivity contribution is 5.18. The van der Waals surface area contributed by atoms with Crippen LogP contribution >= 0.6 is 0 Å². The van der Waals surface area contributed by atoms with Gasteiger partial charge >= 0.3 is 0 Å². The summed E-state index contributed by atoms with van der Waals surface area (Å²) in [5.74, 6) is 0.817. The highest BCUT2D eigenvalue weighted by Crippen LogP contribution is 2.20. The number of hydrogen-bond acceptors (Lipinski definition) is 1. The second-order valence-corrected chi connectivity index (χ2v) is 5.24. The topological polar surface area (TPSA) is 12.0 Å². The van der Waals surface area contributed by atoms with E-state index in [1.807, 2.05) is 0 Å². The second kappa shape index (κ2) is 8.30. The summed E-state index contributed by atoms with van der Waals surface area (Å²) in [7, 11) is 0. The molecule has 0 amide bonds. The number of hydrogen-bond donors (Lipinski definition) is 1. The molecule has 96 valence electrons. The molecule has 1 heteroatoms. The van der Waals surface area contributed by atoms with Crippen LogP contribution < -0.4 is 5.32 Å². The Morgan fingerprint density at radius 3 is 2.35 bits per heavy atom. The van der Waals surface area contributed by atoms with Crippen LogP contribution in [0.3, 0.4) is 0 Å². The van der Waals surface area contributed by atoms with Gasteiger partial charge in [0.25, 0.3) is 0 Å². The van der Waals surface area contributed by atoms with Crippen LogP contribution in [0.4, 0.5) is 0 Å². The Morgan fingerprint density at radius 2 is 1.76 bits per heavy atom. The zero-order valence-electron chi connectivity index (χ0n) is 11.6. The van der Waals surface area contributed by atoms with Crippen LogP contribution in [0.15, 0.2) is 30.3 Å². The molecular formula is C16H27N. The van der Waals surface area contributed by atoms with Crippen molar-refractivity contribution in [3.63, 3.8) is 0 Å². The fourth-order valence-corrected chi connectivity index (χ4v) is 2.12. The van der Waals surface area contributed by atoms with Gasteiger partial charge in [-0.15, -0.1) is 0 Å². The Kier molecular flexibility index (Phi) is 6.95. The predicted molar refractivity (Wildman–Crippen MR) is 76.2 cm³/mol. The van der Waals surface area contributed by atoms with E-state index in [1.54, 1.807) is 0 Å². The maximum atomic E-state index is 3.66. The lowest BCUT2D eigenvalue weighted by Gasteiger charge is -2.19. The zero-order chi connectivity index (χ0) is 12.5. The lowest BCUT2D eigenvalue weighted by atomic mass is 9.98. The van der Waals surface area contributed by atoms with E-state index in [-0.39, 0.29) is 0 Å². The van der Waals surface area contributed by atoms with Crippen LogP contribution in [0, 0.1) is 5.92 Å². The van der Waals surface area contributed by atoms with E-state index in [1.165, 1.54) is 31.2 Å². The monoisotopic (exact) mass is 233 g/mol. The Bertz CT molecular complexity index is 279. The van der Waals surface area contributed by atoms with Gasteiger partial charge in [-0.1, -0.05) is 63.9 Å². The second-order valence-electron chi connectivity index (χ2n) is 5.24. The van der Waals surface area contributed by atoms with Crippen LogP contribution in [-0.2, 0) is 0 Å². The van der Waals surface area contributed by atoms with Crippen LogP contribution in [0.2, 0.25) is 0 Å². The number of rotatable bonds is 8. The van der Waals surface area contributed by atoms with E-state index in [0.717, 1.165) is 12.5 Å². The highest BCUT2D eigenvalue weighted by Gasteiger charge is 2.09. The highest BCUT2D eigenvalue weighted by atomic mass is 14.9. The Balaban J connectivity index is 2.48. The van der Waals surface area contributed by atoms with E-state index < -0.39 is 0 Å². The SMILES string of the molecule is CCCNC(CCCC(C)C)c1ccccc1. The molecule has 0 radical (unpaired) electrons. The summed E-state index contributed by atoms with van der Waals surface area (Å²) in [6.07, 6.45) is 5.10. The molecule has 0 bridgehead atoms. The largest absolute Gasteiger partial charge is 0.310 e. The molecule has 1 nitrogen and oxygen atoms in total. The van der Waals surface area contributed by atoms with Crippen molar-refractivity contribution in [3.05, 3.63) is 35.9 Å². The lowest BCUT2D eigenvalue weighted by Crippen LogP contribution is -2.22. The fourth-order valence-electron chi connectivity index (χ4n) is 2.12. The van der Waals surface area contributed by atoms with Gasteiger partial charge in [0.05, 0.1) is 0 Å².